The van der Waals surface area contributed by atoms with E-state index in [9.17, 15) is 14.7 Å². The number of nitrogens with zero attached hydrogens (tertiary/aromatic N) is 1. The van der Waals surface area contributed by atoms with Crippen molar-refractivity contribution in [2.24, 2.45) is 0 Å². The molecule has 2 aromatic heterocycles. The summed E-state index contributed by atoms with van der Waals surface area (Å²) in [6, 6.07) is 12.1. The molecule has 26 heavy (non-hydrogen) atoms. The number of benzene rings is 1. The van der Waals surface area contributed by atoms with Crippen molar-refractivity contribution in [1.29, 1.82) is 0 Å². The number of hydrogen-bond donors (Lipinski definition) is 2. The number of carbonyl (C=O) groups excluding carboxylic acids is 1. The van der Waals surface area contributed by atoms with Crippen molar-refractivity contribution in [2.75, 3.05) is 12.4 Å². The van der Waals surface area contributed by atoms with Crippen LogP contribution in [-0.4, -0.2) is 29.1 Å². The predicted octanol–water partition coefficient (Wildman–Crippen LogP) is 4.53. The molecule has 0 fully saturated rings. The fraction of sp³-hybridized carbons (Fsp3) is 0.0556. The maximum Gasteiger partial charge on any atom is 0.339 e. The molecule has 0 radical (unpaired) electrons. The van der Waals surface area contributed by atoms with Gasteiger partial charge in [0, 0.05) is 15.9 Å². The molecule has 1 aromatic carbocycles. The maximum absolute atomic E-state index is 12.4. The molecule has 0 aliphatic rings. The second kappa shape index (κ2) is 7.67. The first-order chi connectivity index (χ1) is 12.5. The Morgan fingerprint density at radius 1 is 1.19 bits per heavy atom. The monoisotopic (exact) mass is 432 g/mol. The van der Waals surface area contributed by atoms with Crippen molar-refractivity contribution in [2.45, 2.75) is 0 Å². The Kier molecular flexibility index (Phi) is 5.34. The lowest BCUT2D eigenvalue weighted by atomic mass is 10.1. The molecule has 0 unspecified atom stereocenters. The largest absolute Gasteiger partial charge is 0.481 e. The van der Waals surface area contributed by atoms with Crippen LogP contribution in [0.4, 0.5) is 5.69 Å². The van der Waals surface area contributed by atoms with E-state index in [0.29, 0.717) is 10.8 Å². The number of amides is 1. The molecule has 132 valence electrons. The van der Waals surface area contributed by atoms with Crippen LogP contribution in [0, 0.1) is 0 Å². The molecule has 0 aliphatic heterocycles. The normalized spacial score (nSPS) is 10.4. The topological polar surface area (TPSA) is 88.5 Å². The molecule has 0 spiro atoms. The van der Waals surface area contributed by atoms with Crippen molar-refractivity contribution < 1.29 is 19.4 Å². The van der Waals surface area contributed by atoms with Gasteiger partial charge in [-0.15, -0.1) is 11.3 Å². The van der Waals surface area contributed by atoms with Gasteiger partial charge in [-0.2, -0.15) is 0 Å². The van der Waals surface area contributed by atoms with Gasteiger partial charge in [-0.1, -0.05) is 34.1 Å². The lowest BCUT2D eigenvalue weighted by Crippen LogP contribution is -2.15. The molecule has 3 aromatic rings. The SMILES string of the molecule is COc1cccc(C(=O)Nc2csc(-c3ccc(Br)cc3)c2C(=O)O)n1. The molecule has 6 nitrogen and oxygen atoms in total. The summed E-state index contributed by atoms with van der Waals surface area (Å²) in [5, 5.41) is 13.9. The maximum atomic E-state index is 12.4. The Morgan fingerprint density at radius 2 is 1.92 bits per heavy atom. The van der Waals surface area contributed by atoms with Gasteiger partial charge in [0.25, 0.3) is 5.91 Å². The lowest BCUT2D eigenvalue weighted by molar-refractivity contribution is 0.0699. The first-order valence-corrected chi connectivity index (χ1v) is 9.10. The third kappa shape index (κ3) is 3.76. The van der Waals surface area contributed by atoms with E-state index in [1.165, 1.54) is 24.5 Å². The number of carboxylic acid groups (broad SMARTS) is 1. The van der Waals surface area contributed by atoms with Crippen LogP contribution in [0.5, 0.6) is 5.88 Å². The van der Waals surface area contributed by atoms with E-state index in [2.05, 4.69) is 26.2 Å². The van der Waals surface area contributed by atoms with Gasteiger partial charge in [0.2, 0.25) is 5.88 Å². The van der Waals surface area contributed by atoms with Crippen LogP contribution in [0.15, 0.2) is 52.3 Å². The van der Waals surface area contributed by atoms with Gasteiger partial charge in [-0.3, -0.25) is 4.79 Å². The van der Waals surface area contributed by atoms with Crippen LogP contribution >= 0.6 is 27.3 Å². The number of aromatic carboxylic acids is 1. The Balaban J connectivity index is 1.94. The van der Waals surface area contributed by atoms with Crippen molar-refractivity contribution in [1.82, 2.24) is 4.98 Å². The van der Waals surface area contributed by atoms with Gasteiger partial charge in [0.05, 0.1) is 17.7 Å². The molecule has 2 N–H and O–H groups in total. The van der Waals surface area contributed by atoms with Crippen LogP contribution in [0.3, 0.4) is 0 Å². The van der Waals surface area contributed by atoms with Crippen LogP contribution in [0.2, 0.25) is 0 Å². The first kappa shape index (κ1) is 18.1. The minimum absolute atomic E-state index is 0.0496. The number of thiophene rings is 1. The molecule has 0 saturated heterocycles. The summed E-state index contributed by atoms with van der Waals surface area (Å²) in [6.07, 6.45) is 0. The summed E-state index contributed by atoms with van der Waals surface area (Å²) in [5.74, 6) is -1.32. The van der Waals surface area contributed by atoms with Gasteiger partial charge in [0.15, 0.2) is 0 Å². The Morgan fingerprint density at radius 3 is 2.58 bits per heavy atom. The van der Waals surface area contributed by atoms with Crippen molar-refractivity contribution in [3.8, 4) is 16.3 Å². The highest BCUT2D eigenvalue weighted by Crippen LogP contribution is 2.36. The van der Waals surface area contributed by atoms with E-state index < -0.39 is 11.9 Å². The van der Waals surface area contributed by atoms with Gasteiger partial charge < -0.3 is 15.2 Å². The number of methoxy groups -OCH3 is 1. The quantitative estimate of drug-likeness (QED) is 0.617. The zero-order valence-corrected chi connectivity index (χ0v) is 15.9. The number of ether oxygens (including phenoxy) is 1. The second-order valence-corrected chi connectivity index (χ2v) is 6.98. The summed E-state index contributed by atoms with van der Waals surface area (Å²) in [7, 11) is 1.45. The summed E-state index contributed by atoms with van der Waals surface area (Å²) in [6.45, 7) is 0. The first-order valence-electron chi connectivity index (χ1n) is 7.42. The molecule has 0 atom stereocenters. The smallest absolute Gasteiger partial charge is 0.339 e. The minimum Gasteiger partial charge on any atom is -0.481 e. The predicted molar refractivity (Wildman–Crippen MR) is 103 cm³/mol. The summed E-state index contributed by atoms with van der Waals surface area (Å²) in [4.78, 5) is 28.8. The molecular formula is C18H13BrN2O4S. The van der Waals surface area contributed by atoms with Gasteiger partial charge >= 0.3 is 5.97 Å². The van der Waals surface area contributed by atoms with E-state index in [0.717, 1.165) is 10.0 Å². The number of nitrogens with one attached hydrogen (secondary N) is 1. The molecular weight excluding hydrogens is 420 g/mol. The Labute approximate surface area is 161 Å². The third-order valence-corrected chi connectivity index (χ3v) is 5.08. The zero-order chi connectivity index (χ0) is 18.7. The fourth-order valence-electron chi connectivity index (χ4n) is 2.32. The van der Waals surface area contributed by atoms with Crippen molar-refractivity contribution in [3.05, 3.63) is 63.6 Å². The molecule has 0 bridgehead atoms. The third-order valence-electron chi connectivity index (χ3n) is 3.52. The molecule has 2 heterocycles. The second-order valence-electron chi connectivity index (χ2n) is 5.18. The summed E-state index contributed by atoms with van der Waals surface area (Å²) in [5.41, 5.74) is 1.18. The zero-order valence-electron chi connectivity index (χ0n) is 13.5. The number of aromatic nitrogens is 1. The standard InChI is InChI=1S/C18H13BrN2O4S/c1-25-14-4-2-3-12(20-14)17(22)21-13-9-26-16(15(13)18(23)24)10-5-7-11(19)8-6-10/h2-9H,1H3,(H,21,22)(H,23,24). The van der Waals surface area contributed by atoms with Crippen LogP contribution < -0.4 is 10.1 Å². The molecule has 3 rings (SSSR count). The highest BCUT2D eigenvalue weighted by Gasteiger charge is 2.22. The van der Waals surface area contributed by atoms with Crippen molar-refractivity contribution >= 4 is 44.8 Å². The number of pyridine rings is 1. The molecule has 0 aliphatic carbocycles. The summed E-state index contributed by atoms with van der Waals surface area (Å²) < 4.78 is 5.90. The number of rotatable bonds is 5. The number of halogens is 1. The lowest BCUT2D eigenvalue weighted by Gasteiger charge is -2.07. The average molecular weight is 433 g/mol. The molecule has 8 heteroatoms. The number of hydrogen-bond acceptors (Lipinski definition) is 5. The van der Waals surface area contributed by atoms with E-state index in [4.69, 9.17) is 4.74 Å². The van der Waals surface area contributed by atoms with E-state index in [-0.39, 0.29) is 16.9 Å². The van der Waals surface area contributed by atoms with Crippen LogP contribution in [0.1, 0.15) is 20.8 Å². The number of anilines is 1. The van der Waals surface area contributed by atoms with E-state index in [1.807, 2.05) is 24.3 Å². The fourth-order valence-corrected chi connectivity index (χ4v) is 3.58. The van der Waals surface area contributed by atoms with Crippen molar-refractivity contribution in [3.63, 3.8) is 0 Å². The average Bonchev–Trinajstić information content (AvgIpc) is 3.06. The van der Waals surface area contributed by atoms with Crippen LogP contribution in [-0.2, 0) is 0 Å². The highest BCUT2D eigenvalue weighted by atomic mass is 79.9. The van der Waals surface area contributed by atoms with Gasteiger partial charge in [-0.05, 0) is 23.8 Å². The molecule has 0 saturated carbocycles. The van der Waals surface area contributed by atoms with Crippen LogP contribution in [0.25, 0.3) is 10.4 Å². The summed E-state index contributed by atoms with van der Waals surface area (Å²) >= 11 is 4.61. The van der Waals surface area contributed by atoms with Gasteiger partial charge in [-0.25, -0.2) is 9.78 Å². The van der Waals surface area contributed by atoms with E-state index >= 15 is 0 Å². The highest BCUT2D eigenvalue weighted by molar-refractivity contribution is 9.10. The van der Waals surface area contributed by atoms with Gasteiger partial charge in [0.1, 0.15) is 11.3 Å². The molecule has 1 amide bonds. The Bertz CT molecular complexity index is 970. The number of carboxylic acids is 1. The minimum atomic E-state index is -1.11. The Hall–Kier alpha value is -2.71. The van der Waals surface area contributed by atoms with E-state index in [1.54, 1.807) is 17.5 Å². The number of carbonyl (C=O) groups is 2.